The first-order valence-corrected chi connectivity index (χ1v) is 11.9. The van der Waals surface area contributed by atoms with E-state index in [2.05, 4.69) is 11.3 Å². The zero-order valence-corrected chi connectivity index (χ0v) is 19.7. The number of anilines is 1. The number of hydrogen-bond acceptors (Lipinski definition) is 6. The number of sulfonamides is 1. The van der Waals surface area contributed by atoms with Crippen LogP contribution >= 0.6 is 0 Å². The van der Waals surface area contributed by atoms with E-state index in [1.165, 1.54) is 43.3 Å². The topological polar surface area (TPSA) is 133 Å². The van der Waals surface area contributed by atoms with Crippen LogP contribution in [0.15, 0.2) is 84.3 Å². The lowest BCUT2D eigenvalue weighted by atomic mass is 10.1. The minimum absolute atomic E-state index is 0.201. The van der Waals surface area contributed by atoms with Crippen molar-refractivity contribution < 1.29 is 18.1 Å². The van der Waals surface area contributed by atoms with E-state index in [1.54, 1.807) is 35.2 Å². The number of hydrogen-bond donors (Lipinski definition) is 1. The number of nitro groups is 1. The molecule has 0 spiro atoms. The Morgan fingerprint density at radius 2 is 1.80 bits per heavy atom. The Hall–Kier alpha value is -4.49. The van der Waals surface area contributed by atoms with Gasteiger partial charge < -0.3 is 4.90 Å². The van der Waals surface area contributed by atoms with Gasteiger partial charge in [-0.1, -0.05) is 24.3 Å². The van der Waals surface area contributed by atoms with E-state index in [0.717, 1.165) is 11.6 Å². The van der Waals surface area contributed by atoms with Crippen molar-refractivity contribution >= 4 is 27.3 Å². The van der Waals surface area contributed by atoms with Crippen LogP contribution in [0.4, 0.5) is 11.4 Å². The summed E-state index contributed by atoms with van der Waals surface area (Å²) in [4.78, 5) is 24.9. The van der Waals surface area contributed by atoms with E-state index < -0.39 is 14.9 Å². The highest BCUT2D eigenvalue weighted by atomic mass is 32.2. The normalized spacial score (nSPS) is 10.7. The summed E-state index contributed by atoms with van der Waals surface area (Å²) in [5, 5.41) is 20.1. The fourth-order valence-corrected chi connectivity index (χ4v) is 4.39. The van der Waals surface area contributed by atoms with Crippen LogP contribution in [-0.4, -0.2) is 30.7 Å². The van der Waals surface area contributed by atoms with E-state index in [0.29, 0.717) is 29.8 Å². The van der Waals surface area contributed by atoms with E-state index in [4.69, 9.17) is 5.26 Å². The molecule has 178 valence electrons. The molecule has 10 heteroatoms. The summed E-state index contributed by atoms with van der Waals surface area (Å²) < 4.78 is 27.8. The number of aryl methyl sites for hydroxylation is 1. The minimum atomic E-state index is -4.08. The van der Waals surface area contributed by atoms with E-state index >= 15 is 0 Å². The number of nitriles is 1. The summed E-state index contributed by atoms with van der Waals surface area (Å²) in [6.45, 7) is 5.81. The zero-order valence-electron chi connectivity index (χ0n) is 18.8. The number of nitrogens with one attached hydrogen (secondary N) is 1. The average Bonchev–Trinajstić information content (AvgIpc) is 2.84. The molecule has 0 aromatic heterocycles. The van der Waals surface area contributed by atoms with Gasteiger partial charge in [0.25, 0.3) is 21.6 Å². The summed E-state index contributed by atoms with van der Waals surface area (Å²) >= 11 is 0. The van der Waals surface area contributed by atoms with Crippen molar-refractivity contribution in [3.8, 4) is 6.07 Å². The molecule has 0 radical (unpaired) electrons. The molecule has 0 aliphatic carbocycles. The standard InChI is InChI=1S/C25H22N4O5S/c1-3-14-28(17-20-7-5-19(16-26)6-8-20)25(30)21-9-11-22(12-10-21)27-35(33,34)23-13-4-18(2)24(15-23)29(31)32/h3-13,15,27H,1,14,17H2,2H3. The van der Waals surface area contributed by atoms with Gasteiger partial charge in [0.05, 0.1) is 21.5 Å². The number of carbonyl (C=O) groups is 1. The lowest BCUT2D eigenvalue weighted by Crippen LogP contribution is -2.30. The van der Waals surface area contributed by atoms with Crippen LogP contribution < -0.4 is 4.72 Å². The van der Waals surface area contributed by atoms with Crippen LogP contribution in [0.2, 0.25) is 0 Å². The van der Waals surface area contributed by atoms with E-state index in [-0.39, 0.29) is 22.2 Å². The third-order valence-electron chi connectivity index (χ3n) is 5.16. The maximum atomic E-state index is 13.0. The molecule has 3 rings (SSSR count). The Morgan fingerprint density at radius 1 is 1.14 bits per heavy atom. The number of amides is 1. The summed E-state index contributed by atoms with van der Waals surface area (Å²) in [6, 6.07) is 18.5. The van der Waals surface area contributed by atoms with Gasteiger partial charge in [0.1, 0.15) is 0 Å². The van der Waals surface area contributed by atoms with Crippen LogP contribution in [0.1, 0.15) is 27.0 Å². The average molecular weight is 491 g/mol. The molecule has 3 aromatic carbocycles. The largest absolute Gasteiger partial charge is 0.331 e. The molecule has 0 atom stereocenters. The lowest BCUT2D eigenvalue weighted by Gasteiger charge is -2.21. The first kappa shape index (κ1) is 25.1. The molecule has 0 unspecified atom stereocenters. The van der Waals surface area contributed by atoms with Crippen molar-refractivity contribution in [1.29, 1.82) is 5.26 Å². The Morgan fingerprint density at radius 3 is 2.37 bits per heavy atom. The third-order valence-corrected chi connectivity index (χ3v) is 6.54. The summed E-state index contributed by atoms with van der Waals surface area (Å²) in [7, 11) is -4.08. The quantitative estimate of drug-likeness (QED) is 0.268. The summed E-state index contributed by atoms with van der Waals surface area (Å²) in [5.74, 6) is -0.280. The first-order chi connectivity index (χ1) is 16.6. The molecule has 0 bridgehead atoms. The number of nitro benzene ring substituents is 1. The van der Waals surface area contributed by atoms with Gasteiger partial charge in [-0.3, -0.25) is 19.6 Å². The second-order valence-electron chi connectivity index (χ2n) is 7.67. The third kappa shape index (κ3) is 6.10. The predicted molar refractivity (Wildman–Crippen MR) is 131 cm³/mol. The van der Waals surface area contributed by atoms with E-state index in [1.807, 2.05) is 6.07 Å². The second kappa shape index (κ2) is 10.6. The summed E-state index contributed by atoms with van der Waals surface area (Å²) in [5.41, 5.74) is 1.96. The van der Waals surface area contributed by atoms with Crippen molar-refractivity contribution in [3.05, 3.63) is 112 Å². The highest BCUT2D eigenvalue weighted by Gasteiger charge is 2.21. The Balaban J connectivity index is 1.77. The van der Waals surface area contributed by atoms with Crippen LogP contribution in [-0.2, 0) is 16.6 Å². The SMILES string of the molecule is C=CCN(Cc1ccc(C#N)cc1)C(=O)c1ccc(NS(=O)(=O)c2ccc(C)c([N+](=O)[O-])c2)cc1. The Labute approximate surface area is 203 Å². The number of benzene rings is 3. The van der Waals surface area contributed by atoms with Crippen LogP contribution in [0.5, 0.6) is 0 Å². The van der Waals surface area contributed by atoms with Gasteiger partial charge in [0.2, 0.25) is 0 Å². The highest BCUT2D eigenvalue weighted by Crippen LogP contribution is 2.24. The minimum Gasteiger partial charge on any atom is -0.331 e. The molecule has 0 heterocycles. The van der Waals surface area contributed by atoms with Crippen LogP contribution in [0.25, 0.3) is 0 Å². The van der Waals surface area contributed by atoms with Crippen LogP contribution in [0, 0.1) is 28.4 Å². The van der Waals surface area contributed by atoms with Gasteiger partial charge in [-0.05, 0) is 55.0 Å². The molecule has 3 aromatic rings. The molecule has 1 amide bonds. The van der Waals surface area contributed by atoms with Gasteiger partial charge in [-0.15, -0.1) is 6.58 Å². The molecule has 0 aliphatic heterocycles. The van der Waals surface area contributed by atoms with Crippen molar-refractivity contribution in [2.45, 2.75) is 18.4 Å². The van der Waals surface area contributed by atoms with Gasteiger partial charge >= 0.3 is 0 Å². The fraction of sp³-hybridized carbons (Fsp3) is 0.120. The Bertz CT molecular complexity index is 1410. The molecular formula is C25H22N4O5S. The van der Waals surface area contributed by atoms with Gasteiger partial charge in [0.15, 0.2) is 0 Å². The van der Waals surface area contributed by atoms with Gasteiger partial charge in [-0.2, -0.15) is 5.26 Å². The zero-order chi connectivity index (χ0) is 25.6. The lowest BCUT2D eigenvalue weighted by molar-refractivity contribution is -0.385. The van der Waals surface area contributed by atoms with Gasteiger partial charge in [-0.25, -0.2) is 8.42 Å². The molecule has 35 heavy (non-hydrogen) atoms. The molecule has 1 N–H and O–H groups in total. The monoisotopic (exact) mass is 490 g/mol. The molecular weight excluding hydrogens is 468 g/mol. The number of nitrogens with zero attached hydrogens (tertiary/aromatic N) is 3. The second-order valence-corrected chi connectivity index (χ2v) is 9.35. The van der Waals surface area contributed by atoms with Gasteiger partial charge in [0, 0.05) is 36.0 Å². The van der Waals surface area contributed by atoms with Crippen molar-refractivity contribution in [3.63, 3.8) is 0 Å². The molecule has 0 saturated heterocycles. The molecule has 0 saturated carbocycles. The Kier molecular flexibility index (Phi) is 7.63. The van der Waals surface area contributed by atoms with Crippen LogP contribution in [0.3, 0.4) is 0 Å². The fourth-order valence-electron chi connectivity index (χ4n) is 3.31. The molecule has 0 fully saturated rings. The highest BCUT2D eigenvalue weighted by molar-refractivity contribution is 7.92. The van der Waals surface area contributed by atoms with E-state index in [9.17, 15) is 23.3 Å². The smallest absolute Gasteiger partial charge is 0.273 e. The van der Waals surface area contributed by atoms with Crippen molar-refractivity contribution in [1.82, 2.24) is 4.90 Å². The molecule has 9 nitrogen and oxygen atoms in total. The van der Waals surface area contributed by atoms with Crippen molar-refractivity contribution in [2.75, 3.05) is 11.3 Å². The maximum Gasteiger partial charge on any atom is 0.273 e. The van der Waals surface area contributed by atoms with Crippen molar-refractivity contribution in [2.24, 2.45) is 0 Å². The number of carbonyl (C=O) groups excluding carboxylic acids is 1. The first-order valence-electron chi connectivity index (χ1n) is 10.4. The number of rotatable bonds is 9. The maximum absolute atomic E-state index is 13.0. The summed E-state index contributed by atoms with van der Waals surface area (Å²) in [6.07, 6.45) is 1.60. The molecule has 0 aliphatic rings. The predicted octanol–water partition coefficient (Wildman–Crippen LogP) is 4.40.